The Bertz CT molecular complexity index is 563. The Morgan fingerprint density at radius 1 is 1.19 bits per heavy atom. The van der Waals surface area contributed by atoms with Gasteiger partial charge >= 0.3 is 5.97 Å². The smallest absolute Gasteiger partial charge is 0.329 e. The van der Waals surface area contributed by atoms with Gasteiger partial charge in [0, 0.05) is 12.1 Å². The summed E-state index contributed by atoms with van der Waals surface area (Å²) in [6, 6.07) is 5.79. The standard InChI is InChI=1S/C17H23NO3/c1-4-18(17(2,3)16(20)21)15(19)14-10-9-12-7-5-6-8-13(12)11-14/h9-11H,4-8H2,1-3H3,(H,20,21). The highest BCUT2D eigenvalue weighted by molar-refractivity contribution is 5.97. The summed E-state index contributed by atoms with van der Waals surface area (Å²) in [7, 11) is 0. The molecule has 21 heavy (non-hydrogen) atoms. The number of carboxylic acid groups (broad SMARTS) is 1. The average molecular weight is 289 g/mol. The molecule has 0 heterocycles. The van der Waals surface area contributed by atoms with Crippen molar-refractivity contribution in [2.24, 2.45) is 0 Å². The minimum atomic E-state index is -1.21. The van der Waals surface area contributed by atoms with Gasteiger partial charge in [0.2, 0.25) is 0 Å². The molecule has 0 unspecified atom stereocenters. The molecule has 114 valence electrons. The van der Waals surface area contributed by atoms with Gasteiger partial charge in [0.1, 0.15) is 5.54 Å². The van der Waals surface area contributed by atoms with Crippen LogP contribution in [0, 0.1) is 0 Å². The Hall–Kier alpha value is -1.84. The number of aliphatic carboxylic acids is 1. The number of hydrogen-bond acceptors (Lipinski definition) is 2. The van der Waals surface area contributed by atoms with Gasteiger partial charge in [0.15, 0.2) is 0 Å². The molecule has 0 aromatic heterocycles. The second-order valence-electron chi connectivity index (χ2n) is 6.10. The summed E-state index contributed by atoms with van der Waals surface area (Å²) in [5, 5.41) is 9.34. The van der Waals surface area contributed by atoms with E-state index in [0.29, 0.717) is 12.1 Å². The second-order valence-corrected chi connectivity index (χ2v) is 6.10. The lowest BCUT2D eigenvalue weighted by Gasteiger charge is -2.34. The first-order valence-corrected chi connectivity index (χ1v) is 7.55. The second kappa shape index (κ2) is 5.88. The summed E-state index contributed by atoms with van der Waals surface area (Å²) in [5.41, 5.74) is 1.93. The maximum Gasteiger partial charge on any atom is 0.329 e. The fraction of sp³-hybridized carbons (Fsp3) is 0.529. The Labute approximate surface area is 125 Å². The molecule has 1 amide bonds. The van der Waals surface area contributed by atoms with E-state index in [1.165, 1.54) is 22.4 Å². The van der Waals surface area contributed by atoms with Gasteiger partial charge in [0.25, 0.3) is 5.91 Å². The van der Waals surface area contributed by atoms with Crippen molar-refractivity contribution in [2.45, 2.75) is 52.0 Å². The van der Waals surface area contributed by atoms with Crippen LogP contribution in [0.4, 0.5) is 0 Å². The van der Waals surface area contributed by atoms with Crippen LogP contribution in [0.2, 0.25) is 0 Å². The van der Waals surface area contributed by atoms with E-state index in [2.05, 4.69) is 0 Å². The molecular weight excluding hydrogens is 266 g/mol. The third-order valence-electron chi connectivity index (χ3n) is 4.35. The molecule has 1 aromatic rings. The van der Waals surface area contributed by atoms with E-state index in [4.69, 9.17) is 0 Å². The molecule has 1 aliphatic rings. The van der Waals surface area contributed by atoms with Crippen LogP contribution in [0.15, 0.2) is 18.2 Å². The molecule has 4 nitrogen and oxygen atoms in total. The monoisotopic (exact) mass is 289 g/mol. The number of rotatable bonds is 4. The lowest BCUT2D eigenvalue weighted by Crippen LogP contribution is -2.52. The SMILES string of the molecule is CCN(C(=O)c1ccc2c(c1)CCCC2)C(C)(C)C(=O)O. The number of hydrogen-bond donors (Lipinski definition) is 1. The molecule has 1 aliphatic carbocycles. The lowest BCUT2D eigenvalue weighted by atomic mass is 9.90. The number of carboxylic acids is 1. The Balaban J connectivity index is 2.32. The van der Waals surface area contributed by atoms with Crippen LogP contribution in [0.25, 0.3) is 0 Å². The van der Waals surface area contributed by atoms with E-state index in [1.54, 1.807) is 20.8 Å². The minimum Gasteiger partial charge on any atom is -0.480 e. The van der Waals surface area contributed by atoms with Crippen LogP contribution in [-0.4, -0.2) is 34.0 Å². The highest BCUT2D eigenvalue weighted by Gasteiger charge is 2.37. The molecule has 4 heteroatoms. The molecule has 2 rings (SSSR count). The molecule has 0 aliphatic heterocycles. The number of aryl methyl sites for hydroxylation is 2. The van der Waals surface area contributed by atoms with Gasteiger partial charge in [-0.2, -0.15) is 0 Å². The summed E-state index contributed by atoms with van der Waals surface area (Å²) >= 11 is 0. The number of fused-ring (bicyclic) bond motifs is 1. The molecule has 0 saturated heterocycles. The van der Waals surface area contributed by atoms with Crippen molar-refractivity contribution in [2.75, 3.05) is 6.54 Å². The van der Waals surface area contributed by atoms with Crippen molar-refractivity contribution in [1.29, 1.82) is 0 Å². The predicted molar refractivity (Wildman–Crippen MR) is 81.5 cm³/mol. The largest absolute Gasteiger partial charge is 0.480 e. The Morgan fingerprint density at radius 3 is 2.38 bits per heavy atom. The highest BCUT2D eigenvalue weighted by Crippen LogP contribution is 2.24. The molecule has 1 N–H and O–H groups in total. The van der Waals surface area contributed by atoms with Gasteiger partial charge in [-0.1, -0.05) is 6.07 Å². The van der Waals surface area contributed by atoms with E-state index in [9.17, 15) is 14.7 Å². The van der Waals surface area contributed by atoms with E-state index < -0.39 is 11.5 Å². The van der Waals surface area contributed by atoms with E-state index in [1.807, 2.05) is 18.2 Å². The normalized spacial score (nSPS) is 14.4. The summed E-state index contributed by atoms with van der Waals surface area (Å²) in [6.45, 7) is 5.31. The fourth-order valence-corrected chi connectivity index (χ4v) is 2.93. The van der Waals surface area contributed by atoms with Crippen LogP contribution in [-0.2, 0) is 17.6 Å². The highest BCUT2D eigenvalue weighted by atomic mass is 16.4. The first-order chi connectivity index (χ1) is 9.87. The maximum absolute atomic E-state index is 12.7. The molecule has 1 aromatic carbocycles. The van der Waals surface area contributed by atoms with Crippen molar-refractivity contribution in [1.82, 2.24) is 4.90 Å². The summed E-state index contributed by atoms with van der Waals surface area (Å²) in [6.07, 6.45) is 4.43. The number of nitrogens with zero attached hydrogens (tertiary/aromatic N) is 1. The van der Waals surface area contributed by atoms with Crippen LogP contribution in [0.3, 0.4) is 0 Å². The predicted octanol–water partition coefficient (Wildman–Crippen LogP) is 2.89. The van der Waals surface area contributed by atoms with Crippen molar-refractivity contribution >= 4 is 11.9 Å². The maximum atomic E-state index is 12.7. The minimum absolute atomic E-state index is 0.210. The topological polar surface area (TPSA) is 57.6 Å². The third kappa shape index (κ3) is 2.94. The zero-order valence-electron chi connectivity index (χ0n) is 13.0. The van der Waals surface area contributed by atoms with Gasteiger partial charge in [0.05, 0.1) is 0 Å². The summed E-state index contributed by atoms with van der Waals surface area (Å²) < 4.78 is 0. The van der Waals surface area contributed by atoms with Crippen LogP contribution < -0.4 is 0 Å². The van der Waals surface area contributed by atoms with Crippen molar-refractivity contribution in [3.63, 3.8) is 0 Å². The van der Waals surface area contributed by atoms with E-state index in [-0.39, 0.29) is 5.91 Å². The van der Waals surface area contributed by atoms with Gasteiger partial charge in [-0.05, 0) is 69.7 Å². The van der Waals surface area contributed by atoms with Crippen molar-refractivity contribution in [3.8, 4) is 0 Å². The number of amides is 1. The molecular formula is C17H23NO3. The van der Waals surface area contributed by atoms with E-state index >= 15 is 0 Å². The molecule has 0 saturated carbocycles. The zero-order valence-corrected chi connectivity index (χ0v) is 13.0. The third-order valence-corrected chi connectivity index (χ3v) is 4.35. The molecule has 0 radical (unpaired) electrons. The Kier molecular flexibility index (Phi) is 4.35. The van der Waals surface area contributed by atoms with Gasteiger partial charge in [-0.25, -0.2) is 4.79 Å². The van der Waals surface area contributed by atoms with Crippen LogP contribution in [0.5, 0.6) is 0 Å². The number of likely N-dealkylation sites (N-methyl/N-ethyl adjacent to an activating group) is 1. The van der Waals surface area contributed by atoms with Crippen LogP contribution in [0.1, 0.15) is 55.1 Å². The lowest BCUT2D eigenvalue weighted by molar-refractivity contribution is -0.147. The summed E-state index contributed by atoms with van der Waals surface area (Å²) in [5.74, 6) is -1.20. The van der Waals surface area contributed by atoms with E-state index in [0.717, 1.165) is 19.3 Å². The summed E-state index contributed by atoms with van der Waals surface area (Å²) in [4.78, 5) is 25.5. The first kappa shape index (κ1) is 15.5. The van der Waals surface area contributed by atoms with Crippen molar-refractivity contribution in [3.05, 3.63) is 34.9 Å². The average Bonchev–Trinajstić information content (AvgIpc) is 2.46. The Morgan fingerprint density at radius 2 is 1.81 bits per heavy atom. The fourth-order valence-electron chi connectivity index (χ4n) is 2.93. The number of carbonyl (C=O) groups excluding carboxylic acids is 1. The van der Waals surface area contributed by atoms with Crippen molar-refractivity contribution < 1.29 is 14.7 Å². The quantitative estimate of drug-likeness (QED) is 0.927. The van der Waals surface area contributed by atoms with Gasteiger partial charge in [-0.15, -0.1) is 0 Å². The number of carbonyl (C=O) groups is 2. The van der Waals surface area contributed by atoms with Gasteiger partial charge < -0.3 is 10.0 Å². The molecule has 0 bridgehead atoms. The molecule has 0 spiro atoms. The van der Waals surface area contributed by atoms with Gasteiger partial charge in [-0.3, -0.25) is 4.79 Å². The first-order valence-electron chi connectivity index (χ1n) is 7.55. The van der Waals surface area contributed by atoms with Crippen LogP contribution >= 0.6 is 0 Å². The molecule has 0 fully saturated rings. The molecule has 0 atom stereocenters. The zero-order chi connectivity index (χ0) is 15.6. The number of benzene rings is 1.